The van der Waals surface area contributed by atoms with Crippen molar-refractivity contribution in [3.63, 3.8) is 0 Å². The lowest BCUT2D eigenvalue weighted by molar-refractivity contribution is 0.508. The van der Waals surface area contributed by atoms with Gasteiger partial charge in [-0.3, -0.25) is 0 Å². The summed E-state index contributed by atoms with van der Waals surface area (Å²) in [7, 11) is -2.14. The first-order valence-electron chi connectivity index (χ1n) is 2.24. The van der Waals surface area contributed by atoms with Crippen molar-refractivity contribution in [3.8, 4) is 0 Å². The molecule has 0 aromatic carbocycles. The van der Waals surface area contributed by atoms with Crippen molar-refractivity contribution < 1.29 is 9.13 Å². The fraction of sp³-hybridized carbons (Fsp3) is 1.00. The van der Waals surface area contributed by atoms with E-state index in [0.29, 0.717) is 6.16 Å². The molecule has 2 nitrogen and oxygen atoms in total. The molecule has 7 heavy (non-hydrogen) atoms. The predicted molar refractivity (Wildman–Crippen MR) is 28.0 cm³/mol. The Morgan fingerprint density at radius 2 is 1.86 bits per heavy atom. The van der Waals surface area contributed by atoms with Gasteiger partial charge in [0.25, 0.3) is 0 Å². The van der Waals surface area contributed by atoms with Crippen molar-refractivity contribution in [1.82, 2.24) is 0 Å². The lowest BCUT2D eigenvalue weighted by atomic mass is 10.3. The van der Waals surface area contributed by atoms with E-state index in [4.69, 9.17) is 0 Å². The van der Waals surface area contributed by atoms with Gasteiger partial charge in [0, 0.05) is 0 Å². The molecule has 0 rings (SSSR count). The van der Waals surface area contributed by atoms with Crippen LogP contribution in [0.15, 0.2) is 0 Å². The van der Waals surface area contributed by atoms with Crippen LogP contribution in [0.5, 0.6) is 0 Å². The largest absolute Gasteiger partial charge is 0.315 e. The molecular formula is C4H9O2P. The van der Waals surface area contributed by atoms with Crippen molar-refractivity contribution in [2.45, 2.75) is 13.8 Å². The third-order valence-electron chi connectivity index (χ3n) is 0.514. The molecule has 0 saturated carbocycles. The molecule has 0 aliphatic carbocycles. The van der Waals surface area contributed by atoms with Crippen molar-refractivity contribution in [1.29, 1.82) is 0 Å². The van der Waals surface area contributed by atoms with Gasteiger partial charge in [0.15, 0.2) is 0 Å². The van der Waals surface area contributed by atoms with Crippen molar-refractivity contribution in [2.24, 2.45) is 5.92 Å². The quantitative estimate of drug-likeness (QED) is 0.521. The molecule has 0 aromatic rings. The van der Waals surface area contributed by atoms with Gasteiger partial charge in [-0.1, -0.05) is 13.8 Å². The second-order valence-electron chi connectivity index (χ2n) is 1.91. The van der Waals surface area contributed by atoms with E-state index in [1.54, 1.807) is 0 Å². The molecule has 0 N–H and O–H groups in total. The third-order valence-corrected chi connectivity index (χ3v) is 1.54. The third kappa shape index (κ3) is 5.90. The topological polar surface area (TPSA) is 34.1 Å². The van der Waals surface area contributed by atoms with Crippen LogP contribution in [0, 0.1) is 5.92 Å². The Balaban J connectivity index is 3.32. The fourth-order valence-corrected chi connectivity index (χ4v) is 0.894. The Morgan fingerprint density at radius 3 is 1.86 bits per heavy atom. The molecule has 0 unspecified atom stereocenters. The summed E-state index contributed by atoms with van der Waals surface area (Å²) in [5, 5.41) is 0. The minimum atomic E-state index is -2.14. The van der Waals surface area contributed by atoms with Crippen LogP contribution in [0.1, 0.15) is 13.8 Å². The predicted octanol–water partition coefficient (Wildman–Crippen LogP) is 1.82. The van der Waals surface area contributed by atoms with Crippen molar-refractivity contribution in [3.05, 3.63) is 0 Å². The lowest BCUT2D eigenvalue weighted by Crippen LogP contribution is -1.85. The maximum absolute atomic E-state index is 9.85. The summed E-state index contributed by atoms with van der Waals surface area (Å²) in [5.41, 5.74) is 0. The monoisotopic (exact) mass is 120 g/mol. The summed E-state index contributed by atoms with van der Waals surface area (Å²) in [5.74, 6) is 0.279. The molecule has 0 spiro atoms. The van der Waals surface area contributed by atoms with Gasteiger partial charge in [0.2, 0.25) is 0 Å². The molecule has 42 valence electrons. The van der Waals surface area contributed by atoms with E-state index in [0.717, 1.165) is 0 Å². The number of hydrogen-bond donors (Lipinski definition) is 0. The Bertz CT molecular complexity index is 96.3. The standard InChI is InChI=1S/C4H9O2P/c1-4(2)3-7(5)6/h4H,3H2,1-2H3. The Labute approximate surface area is 43.7 Å². The molecule has 0 amide bonds. The van der Waals surface area contributed by atoms with Gasteiger partial charge >= 0.3 is 7.68 Å². The minimum absolute atomic E-state index is 0.279. The highest BCUT2D eigenvalue weighted by Gasteiger charge is 1.94. The first kappa shape index (κ1) is 6.90. The van der Waals surface area contributed by atoms with E-state index in [2.05, 4.69) is 0 Å². The van der Waals surface area contributed by atoms with Gasteiger partial charge in [0.05, 0.1) is 6.16 Å². The summed E-state index contributed by atoms with van der Waals surface area (Å²) in [6, 6.07) is 0. The molecule has 0 heterocycles. The molecule has 0 aromatic heterocycles. The van der Waals surface area contributed by atoms with Crippen LogP contribution in [0.25, 0.3) is 0 Å². The summed E-state index contributed by atoms with van der Waals surface area (Å²) < 4.78 is 19.7. The summed E-state index contributed by atoms with van der Waals surface area (Å²) in [6.45, 7) is 3.76. The van der Waals surface area contributed by atoms with Crippen LogP contribution in [0.3, 0.4) is 0 Å². The van der Waals surface area contributed by atoms with Gasteiger partial charge in [0.1, 0.15) is 0 Å². The van der Waals surface area contributed by atoms with Crippen molar-refractivity contribution in [2.75, 3.05) is 6.16 Å². The van der Waals surface area contributed by atoms with Gasteiger partial charge < -0.3 is 0 Å². The van der Waals surface area contributed by atoms with Gasteiger partial charge in [-0.2, -0.15) is 0 Å². The van der Waals surface area contributed by atoms with Crippen molar-refractivity contribution >= 4 is 7.68 Å². The molecule has 0 saturated heterocycles. The van der Waals surface area contributed by atoms with E-state index < -0.39 is 7.68 Å². The molecule has 0 bridgehead atoms. The Hall–Kier alpha value is -0.100. The smallest absolute Gasteiger partial charge is 0.237 e. The molecule has 0 atom stereocenters. The zero-order valence-corrected chi connectivity index (χ0v) is 5.44. The van der Waals surface area contributed by atoms with E-state index in [-0.39, 0.29) is 5.92 Å². The SMILES string of the molecule is CC(C)CP(=O)=O. The highest BCUT2D eigenvalue weighted by molar-refractivity contribution is 7.30. The van der Waals surface area contributed by atoms with Crippen LogP contribution in [-0.2, 0) is 9.13 Å². The second-order valence-corrected chi connectivity index (χ2v) is 2.94. The average Bonchev–Trinajstić information content (AvgIpc) is 1.27. The first-order chi connectivity index (χ1) is 3.13. The maximum atomic E-state index is 9.85. The molecule has 0 aliphatic heterocycles. The molecular weight excluding hydrogens is 111 g/mol. The highest BCUT2D eigenvalue weighted by atomic mass is 31.1. The number of hydrogen-bond acceptors (Lipinski definition) is 2. The summed E-state index contributed by atoms with van der Waals surface area (Å²) >= 11 is 0. The molecule has 0 fully saturated rings. The second kappa shape index (κ2) is 2.98. The van der Waals surface area contributed by atoms with Gasteiger partial charge in [-0.15, -0.1) is 0 Å². The Morgan fingerprint density at radius 1 is 1.43 bits per heavy atom. The zero-order chi connectivity index (χ0) is 5.86. The molecule has 0 aliphatic rings. The van der Waals surface area contributed by atoms with Crippen LogP contribution < -0.4 is 0 Å². The number of rotatable bonds is 2. The normalized spacial score (nSPS) is 9.57. The summed E-state index contributed by atoms with van der Waals surface area (Å²) in [6.07, 6.45) is 0.315. The summed E-state index contributed by atoms with van der Waals surface area (Å²) in [4.78, 5) is 0. The van der Waals surface area contributed by atoms with Crippen LogP contribution in [0.2, 0.25) is 0 Å². The van der Waals surface area contributed by atoms with Crippen LogP contribution in [-0.4, -0.2) is 6.16 Å². The lowest BCUT2D eigenvalue weighted by Gasteiger charge is -1.89. The van der Waals surface area contributed by atoms with E-state index in [9.17, 15) is 9.13 Å². The fourth-order valence-electron chi connectivity index (χ4n) is 0.298. The van der Waals surface area contributed by atoms with E-state index in [1.807, 2.05) is 13.8 Å². The van der Waals surface area contributed by atoms with E-state index >= 15 is 0 Å². The average molecular weight is 120 g/mol. The minimum Gasteiger partial charge on any atom is -0.237 e. The maximum Gasteiger partial charge on any atom is 0.315 e. The Kier molecular flexibility index (Phi) is 2.93. The molecule has 3 heteroatoms. The van der Waals surface area contributed by atoms with Crippen LogP contribution in [0.4, 0.5) is 0 Å². The van der Waals surface area contributed by atoms with E-state index in [1.165, 1.54) is 0 Å². The van der Waals surface area contributed by atoms with Gasteiger partial charge in [-0.05, 0) is 5.92 Å². The zero-order valence-electron chi connectivity index (χ0n) is 4.55. The highest BCUT2D eigenvalue weighted by Crippen LogP contribution is 2.08. The molecule has 0 radical (unpaired) electrons. The van der Waals surface area contributed by atoms with Gasteiger partial charge in [-0.25, -0.2) is 9.13 Å². The first-order valence-corrected chi connectivity index (χ1v) is 3.61. The van der Waals surface area contributed by atoms with Crippen LogP contribution >= 0.6 is 7.68 Å².